The van der Waals surface area contributed by atoms with Gasteiger partial charge in [0.05, 0.1) is 24.5 Å². The molecule has 3 heterocycles. The van der Waals surface area contributed by atoms with E-state index in [4.69, 9.17) is 5.73 Å². The molecule has 1 saturated heterocycles. The third-order valence-electron chi connectivity index (χ3n) is 3.54. The molecular formula is C14H17N7O. The van der Waals surface area contributed by atoms with Gasteiger partial charge in [0, 0.05) is 18.6 Å². The summed E-state index contributed by atoms with van der Waals surface area (Å²) in [6, 6.07) is 1.96. The van der Waals surface area contributed by atoms with Gasteiger partial charge in [0.1, 0.15) is 0 Å². The number of likely N-dealkylation sites (tertiary alicyclic amines) is 1. The second kappa shape index (κ2) is 6.44. The molecule has 8 nitrogen and oxygen atoms in total. The Morgan fingerprint density at radius 3 is 3.05 bits per heavy atom. The maximum atomic E-state index is 11.2. The molecule has 1 atom stereocenters. The van der Waals surface area contributed by atoms with Gasteiger partial charge in [-0.2, -0.15) is 0 Å². The highest BCUT2D eigenvalue weighted by Gasteiger charge is 2.28. The van der Waals surface area contributed by atoms with Crippen molar-refractivity contribution in [3.63, 3.8) is 0 Å². The van der Waals surface area contributed by atoms with E-state index in [0.29, 0.717) is 11.8 Å². The molecule has 0 unspecified atom stereocenters. The summed E-state index contributed by atoms with van der Waals surface area (Å²) in [6.07, 6.45) is 8.47. The van der Waals surface area contributed by atoms with Crippen molar-refractivity contribution in [1.82, 2.24) is 24.8 Å². The number of hydrogen-bond donors (Lipinski definition) is 2. The zero-order chi connectivity index (χ0) is 15.4. The number of carbonyl (C=O) groups excluding carboxylic acids is 1. The van der Waals surface area contributed by atoms with Crippen molar-refractivity contribution >= 4 is 17.7 Å². The number of nitrogens with one attached hydrogen (secondary N) is 1. The van der Waals surface area contributed by atoms with E-state index in [2.05, 4.69) is 30.2 Å². The molecular weight excluding hydrogens is 282 g/mol. The molecule has 8 heteroatoms. The zero-order valence-electron chi connectivity index (χ0n) is 12.0. The molecule has 3 N–H and O–H groups in total. The Bertz CT molecular complexity index is 649. The van der Waals surface area contributed by atoms with Crippen molar-refractivity contribution in [3.8, 4) is 0 Å². The first kappa shape index (κ1) is 14.3. The minimum absolute atomic E-state index is 0.0953. The van der Waals surface area contributed by atoms with Crippen LogP contribution in [0.25, 0.3) is 0 Å². The first-order valence-electron chi connectivity index (χ1n) is 7.11. The Morgan fingerprint density at radius 2 is 2.27 bits per heavy atom. The molecule has 114 valence electrons. The number of nitrogens with zero attached hydrogens (tertiary/aromatic N) is 5. The third-order valence-corrected chi connectivity index (χ3v) is 3.54. The molecule has 0 bridgehead atoms. The predicted octanol–water partition coefficient (Wildman–Crippen LogP) is 0.632. The summed E-state index contributed by atoms with van der Waals surface area (Å²) in [4.78, 5) is 30.0. The lowest BCUT2D eigenvalue weighted by Crippen LogP contribution is -2.33. The summed E-state index contributed by atoms with van der Waals surface area (Å²) in [7, 11) is 0. The quantitative estimate of drug-likeness (QED) is 0.833. The maximum absolute atomic E-state index is 11.2. The number of carbonyl (C=O) groups is 1. The maximum Gasteiger partial charge on any atom is 0.231 e. The van der Waals surface area contributed by atoms with Crippen molar-refractivity contribution < 1.29 is 4.79 Å². The van der Waals surface area contributed by atoms with Gasteiger partial charge in [-0.25, -0.2) is 15.0 Å². The van der Waals surface area contributed by atoms with Crippen LogP contribution in [0.2, 0.25) is 0 Å². The molecule has 1 aliphatic heterocycles. The fraction of sp³-hybridized carbons (Fsp3) is 0.357. The smallest absolute Gasteiger partial charge is 0.231 e. The molecule has 2 aromatic rings. The average Bonchev–Trinajstić information content (AvgIpc) is 2.96. The molecule has 2 aromatic heterocycles. The Balaban J connectivity index is 1.77. The Labute approximate surface area is 127 Å². The normalized spacial score (nSPS) is 18.3. The largest absolute Gasteiger partial charge is 0.369 e. The highest BCUT2D eigenvalue weighted by molar-refractivity contribution is 5.76. The van der Waals surface area contributed by atoms with Crippen molar-refractivity contribution in [3.05, 3.63) is 36.5 Å². The molecule has 22 heavy (non-hydrogen) atoms. The van der Waals surface area contributed by atoms with Gasteiger partial charge in [0.2, 0.25) is 11.9 Å². The fourth-order valence-corrected chi connectivity index (χ4v) is 2.65. The van der Waals surface area contributed by atoms with Crippen LogP contribution >= 0.6 is 0 Å². The number of amides is 1. The van der Waals surface area contributed by atoms with Gasteiger partial charge in [-0.3, -0.25) is 14.7 Å². The second-order valence-corrected chi connectivity index (χ2v) is 5.12. The van der Waals surface area contributed by atoms with Gasteiger partial charge < -0.3 is 11.1 Å². The van der Waals surface area contributed by atoms with Gasteiger partial charge in [0.25, 0.3) is 0 Å². The van der Waals surface area contributed by atoms with E-state index in [9.17, 15) is 4.79 Å². The number of anilines is 2. The van der Waals surface area contributed by atoms with Crippen molar-refractivity contribution in [2.24, 2.45) is 5.73 Å². The van der Waals surface area contributed by atoms with Crippen LogP contribution in [0.1, 0.15) is 24.6 Å². The Morgan fingerprint density at radius 1 is 1.36 bits per heavy atom. The molecule has 0 saturated carbocycles. The van der Waals surface area contributed by atoms with Gasteiger partial charge >= 0.3 is 0 Å². The van der Waals surface area contributed by atoms with Crippen molar-refractivity contribution in [1.29, 1.82) is 0 Å². The van der Waals surface area contributed by atoms with E-state index in [1.165, 1.54) is 0 Å². The molecule has 0 aliphatic carbocycles. The van der Waals surface area contributed by atoms with E-state index in [1.807, 2.05) is 6.07 Å². The van der Waals surface area contributed by atoms with Gasteiger partial charge in [-0.05, 0) is 25.5 Å². The van der Waals surface area contributed by atoms with E-state index < -0.39 is 0 Å². The SMILES string of the molecule is NC(=O)CN1CCC[C@@H]1c1ccnc(Nc2cnccn2)n1. The summed E-state index contributed by atoms with van der Waals surface area (Å²) in [5.74, 6) is 0.725. The highest BCUT2D eigenvalue weighted by atomic mass is 16.1. The summed E-state index contributed by atoms with van der Waals surface area (Å²) >= 11 is 0. The average molecular weight is 299 g/mol. The van der Waals surface area contributed by atoms with Crippen LogP contribution in [0.15, 0.2) is 30.9 Å². The summed E-state index contributed by atoms with van der Waals surface area (Å²) in [5.41, 5.74) is 6.18. The van der Waals surface area contributed by atoms with Crippen LogP contribution in [0.3, 0.4) is 0 Å². The van der Waals surface area contributed by atoms with Gasteiger partial charge in [-0.1, -0.05) is 0 Å². The van der Waals surface area contributed by atoms with Crippen LogP contribution in [-0.4, -0.2) is 43.8 Å². The topological polar surface area (TPSA) is 110 Å². The molecule has 1 fully saturated rings. The van der Waals surface area contributed by atoms with Crippen molar-refractivity contribution in [2.75, 3.05) is 18.4 Å². The molecule has 3 rings (SSSR count). The summed E-state index contributed by atoms with van der Waals surface area (Å²) in [5, 5.41) is 3.02. The number of nitrogens with two attached hydrogens (primary N) is 1. The van der Waals surface area contributed by atoms with Gasteiger partial charge in [0.15, 0.2) is 5.82 Å². The van der Waals surface area contributed by atoms with E-state index >= 15 is 0 Å². The predicted molar refractivity (Wildman–Crippen MR) is 80.1 cm³/mol. The van der Waals surface area contributed by atoms with Crippen LogP contribution < -0.4 is 11.1 Å². The van der Waals surface area contributed by atoms with Crippen LogP contribution in [0, 0.1) is 0 Å². The van der Waals surface area contributed by atoms with Crippen LogP contribution in [0.5, 0.6) is 0 Å². The molecule has 1 amide bonds. The van der Waals surface area contributed by atoms with Crippen molar-refractivity contribution in [2.45, 2.75) is 18.9 Å². The fourth-order valence-electron chi connectivity index (χ4n) is 2.65. The Kier molecular flexibility index (Phi) is 4.19. The number of aromatic nitrogens is 4. The summed E-state index contributed by atoms with van der Waals surface area (Å²) < 4.78 is 0. The minimum Gasteiger partial charge on any atom is -0.369 e. The number of hydrogen-bond acceptors (Lipinski definition) is 7. The Hall–Kier alpha value is -2.61. The number of rotatable bonds is 5. The van der Waals surface area contributed by atoms with E-state index in [1.54, 1.807) is 24.8 Å². The molecule has 1 aliphatic rings. The second-order valence-electron chi connectivity index (χ2n) is 5.12. The van der Waals surface area contributed by atoms with Gasteiger partial charge in [-0.15, -0.1) is 0 Å². The zero-order valence-corrected chi connectivity index (χ0v) is 12.0. The first-order chi connectivity index (χ1) is 10.7. The lowest BCUT2D eigenvalue weighted by Gasteiger charge is -2.22. The highest BCUT2D eigenvalue weighted by Crippen LogP contribution is 2.30. The van der Waals surface area contributed by atoms with Crippen LogP contribution in [0.4, 0.5) is 11.8 Å². The first-order valence-corrected chi connectivity index (χ1v) is 7.11. The minimum atomic E-state index is -0.320. The van der Waals surface area contributed by atoms with E-state index in [0.717, 1.165) is 25.1 Å². The van der Waals surface area contributed by atoms with Crippen LogP contribution in [-0.2, 0) is 4.79 Å². The summed E-state index contributed by atoms with van der Waals surface area (Å²) in [6.45, 7) is 1.10. The molecule has 0 spiro atoms. The molecule has 0 aromatic carbocycles. The lowest BCUT2D eigenvalue weighted by atomic mass is 10.1. The lowest BCUT2D eigenvalue weighted by molar-refractivity contribution is -0.119. The monoisotopic (exact) mass is 299 g/mol. The third kappa shape index (κ3) is 3.34. The standard InChI is InChI=1S/C14H17N7O/c15-12(22)9-21-7-1-2-11(21)10-3-4-18-14(19-10)20-13-8-16-5-6-17-13/h3-6,8,11H,1-2,7,9H2,(H2,15,22)(H,17,18,19,20)/t11-/m1/s1. The molecule has 0 radical (unpaired) electrons. The van der Waals surface area contributed by atoms with E-state index in [-0.39, 0.29) is 18.5 Å². The number of primary amides is 1.